The first-order valence-electron chi connectivity index (χ1n) is 7.02. The van der Waals surface area contributed by atoms with Crippen molar-refractivity contribution < 1.29 is 9.13 Å². The SMILES string of the molecule is CCOC1CCCN(Cc2ccc(C(N)=S)cc2F)C1. The number of piperidine rings is 1. The van der Waals surface area contributed by atoms with Gasteiger partial charge in [-0.25, -0.2) is 4.39 Å². The molecule has 0 saturated carbocycles. The minimum absolute atomic E-state index is 0.227. The van der Waals surface area contributed by atoms with Crippen molar-refractivity contribution >= 4 is 17.2 Å². The van der Waals surface area contributed by atoms with Crippen LogP contribution in [0.15, 0.2) is 18.2 Å². The third-order valence-electron chi connectivity index (χ3n) is 3.60. The lowest BCUT2D eigenvalue weighted by Gasteiger charge is -2.32. The van der Waals surface area contributed by atoms with Gasteiger partial charge < -0.3 is 10.5 Å². The van der Waals surface area contributed by atoms with Crippen molar-refractivity contribution in [3.8, 4) is 0 Å². The highest BCUT2D eigenvalue weighted by molar-refractivity contribution is 7.80. The maximum absolute atomic E-state index is 14.0. The van der Waals surface area contributed by atoms with E-state index in [0.29, 0.717) is 17.7 Å². The largest absolute Gasteiger partial charge is 0.389 e. The normalized spacial score (nSPS) is 20.0. The molecule has 0 amide bonds. The minimum Gasteiger partial charge on any atom is -0.389 e. The van der Waals surface area contributed by atoms with Crippen LogP contribution in [0.4, 0.5) is 4.39 Å². The summed E-state index contributed by atoms with van der Waals surface area (Å²) in [5, 5.41) is 0. The zero-order chi connectivity index (χ0) is 14.5. The van der Waals surface area contributed by atoms with E-state index < -0.39 is 0 Å². The van der Waals surface area contributed by atoms with Gasteiger partial charge in [0.1, 0.15) is 10.8 Å². The first kappa shape index (κ1) is 15.4. The highest BCUT2D eigenvalue weighted by Crippen LogP contribution is 2.18. The second-order valence-electron chi connectivity index (χ2n) is 5.13. The van der Waals surface area contributed by atoms with Gasteiger partial charge in [-0.3, -0.25) is 4.90 Å². The van der Waals surface area contributed by atoms with Crippen LogP contribution in [0, 0.1) is 5.82 Å². The van der Waals surface area contributed by atoms with Crippen molar-refractivity contribution in [1.82, 2.24) is 4.90 Å². The van der Waals surface area contributed by atoms with Crippen LogP contribution in [0.5, 0.6) is 0 Å². The number of nitrogens with two attached hydrogens (primary N) is 1. The van der Waals surface area contributed by atoms with E-state index in [-0.39, 0.29) is 16.9 Å². The van der Waals surface area contributed by atoms with Crippen molar-refractivity contribution in [2.24, 2.45) is 5.73 Å². The Morgan fingerprint density at radius 1 is 1.55 bits per heavy atom. The van der Waals surface area contributed by atoms with Gasteiger partial charge in [0.25, 0.3) is 0 Å². The zero-order valence-corrected chi connectivity index (χ0v) is 12.6. The Morgan fingerprint density at radius 2 is 2.35 bits per heavy atom. The van der Waals surface area contributed by atoms with Crippen LogP contribution >= 0.6 is 12.2 Å². The predicted molar refractivity (Wildman–Crippen MR) is 82.2 cm³/mol. The third kappa shape index (κ3) is 3.98. The topological polar surface area (TPSA) is 38.5 Å². The summed E-state index contributed by atoms with van der Waals surface area (Å²) in [6, 6.07) is 4.97. The molecule has 1 heterocycles. The highest BCUT2D eigenvalue weighted by Gasteiger charge is 2.20. The molecule has 1 aromatic rings. The van der Waals surface area contributed by atoms with Crippen LogP contribution < -0.4 is 5.73 Å². The Hall–Kier alpha value is -1.04. The van der Waals surface area contributed by atoms with Crippen molar-refractivity contribution in [2.75, 3.05) is 19.7 Å². The van der Waals surface area contributed by atoms with Crippen molar-refractivity contribution in [3.63, 3.8) is 0 Å². The molecule has 110 valence electrons. The average molecular weight is 296 g/mol. The number of ether oxygens (including phenoxy) is 1. The molecule has 0 aliphatic carbocycles. The molecule has 1 atom stereocenters. The Kier molecular flexibility index (Phi) is 5.46. The molecule has 0 spiro atoms. The molecule has 1 fully saturated rings. The van der Waals surface area contributed by atoms with E-state index in [1.807, 2.05) is 6.92 Å². The number of nitrogens with zero attached hydrogens (tertiary/aromatic N) is 1. The Balaban J connectivity index is 2.00. The fourth-order valence-corrected chi connectivity index (χ4v) is 2.73. The van der Waals surface area contributed by atoms with Gasteiger partial charge >= 0.3 is 0 Å². The molecule has 2 rings (SSSR count). The van der Waals surface area contributed by atoms with E-state index in [2.05, 4.69) is 4.90 Å². The lowest BCUT2D eigenvalue weighted by atomic mass is 10.1. The second kappa shape index (κ2) is 7.11. The molecule has 1 aliphatic rings. The first-order valence-corrected chi connectivity index (χ1v) is 7.43. The van der Waals surface area contributed by atoms with Gasteiger partial charge in [-0.15, -0.1) is 0 Å². The van der Waals surface area contributed by atoms with E-state index in [1.165, 1.54) is 6.07 Å². The number of rotatable bonds is 5. The molecule has 0 bridgehead atoms. The molecule has 1 aliphatic heterocycles. The van der Waals surface area contributed by atoms with E-state index in [1.54, 1.807) is 12.1 Å². The summed E-state index contributed by atoms with van der Waals surface area (Å²) in [4.78, 5) is 2.47. The van der Waals surface area contributed by atoms with Crippen molar-refractivity contribution in [2.45, 2.75) is 32.4 Å². The average Bonchev–Trinajstić information content (AvgIpc) is 2.42. The maximum Gasteiger partial charge on any atom is 0.128 e. The summed E-state index contributed by atoms with van der Waals surface area (Å²) in [6.45, 7) is 5.19. The minimum atomic E-state index is -0.242. The Morgan fingerprint density at radius 3 is 3.00 bits per heavy atom. The molecule has 20 heavy (non-hydrogen) atoms. The molecule has 1 saturated heterocycles. The van der Waals surface area contributed by atoms with Crippen LogP contribution in [0.2, 0.25) is 0 Å². The van der Waals surface area contributed by atoms with E-state index in [9.17, 15) is 4.39 Å². The van der Waals surface area contributed by atoms with E-state index in [0.717, 1.165) is 32.5 Å². The summed E-state index contributed by atoms with van der Waals surface area (Å²) in [5.74, 6) is -0.242. The lowest BCUT2D eigenvalue weighted by molar-refractivity contribution is 0.00337. The van der Waals surface area contributed by atoms with E-state index >= 15 is 0 Å². The summed E-state index contributed by atoms with van der Waals surface area (Å²) < 4.78 is 19.7. The molecule has 0 radical (unpaired) electrons. The van der Waals surface area contributed by atoms with Crippen LogP contribution in [0.1, 0.15) is 30.9 Å². The summed E-state index contributed by atoms with van der Waals surface area (Å²) in [7, 11) is 0. The van der Waals surface area contributed by atoms with Crippen LogP contribution in [0.3, 0.4) is 0 Å². The number of thiocarbonyl (C=S) groups is 1. The number of likely N-dealkylation sites (tertiary alicyclic amines) is 1. The summed E-state index contributed by atoms with van der Waals surface area (Å²) >= 11 is 4.85. The molecule has 3 nitrogen and oxygen atoms in total. The molecule has 5 heteroatoms. The molecule has 2 N–H and O–H groups in total. The summed E-state index contributed by atoms with van der Waals surface area (Å²) in [6.07, 6.45) is 2.46. The molecule has 1 unspecified atom stereocenters. The first-order chi connectivity index (χ1) is 9.60. The standard InChI is InChI=1S/C15H21FN2OS/c1-2-19-13-4-3-7-18(10-13)9-12-6-5-11(15(17)20)8-14(12)16/h5-6,8,13H,2-4,7,9-10H2,1H3,(H2,17,20). The fourth-order valence-electron chi connectivity index (χ4n) is 2.60. The smallest absolute Gasteiger partial charge is 0.128 e. The fraction of sp³-hybridized carbons (Fsp3) is 0.533. The van der Waals surface area contributed by atoms with Gasteiger partial charge in [-0.1, -0.05) is 24.4 Å². The Labute approximate surface area is 124 Å². The Bertz CT molecular complexity index is 479. The van der Waals surface area contributed by atoms with E-state index in [4.69, 9.17) is 22.7 Å². The maximum atomic E-state index is 14.0. The second-order valence-corrected chi connectivity index (χ2v) is 5.56. The molecule has 0 aromatic heterocycles. The van der Waals surface area contributed by atoms with Gasteiger partial charge in [0.05, 0.1) is 6.10 Å². The van der Waals surface area contributed by atoms with Gasteiger partial charge in [0.2, 0.25) is 0 Å². The third-order valence-corrected chi connectivity index (χ3v) is 3.83. The number of hydrogen-bond acceptors (Lipinski definition) is 3. The molecular formula is C15H21FN2OS. The van der Waals surface area contributed by atoms with Gasteiger partial charge in [-0.05, 0) is 32.4 Å². The van der Waals surface area contributed by atoms with Crippen LogP contribution in [-0.4, -0.2) is 35.7 Å². The number of hydrogen-bond donors (Lipinski definition) is 1. The summed E-state index contributed by atoms with van der Waals surface area (Å²) in [5.41, 5.74) is 6.76. The van der Waals surface area contributed by atoms with Crippen LogP contribution in [-0.2, 0) is 11.3 Å². The van der Waals surface area contributed by atoms with Gasteiger partial charge in [0, 0.05) is 30.8 Å². The van der Waals surface area contributed by atoms with Gasteiger partial charge in [-0.2, -0.15) is 0 Å². The quantitative estimate of drug-likeness (QED) is 0.847. The zero-order valence-electron chi connectivity index (χ0n) is 11.8. The molecular weight excluding hydrogens is 275 g/mol. The van der Waals surface area contributed by atoms with Crippen molar-refractivity contribution in [3.05, 3.63) is 35.1 Å². The van der Waals surface area contributed by atoms with Gasteiger partial charge in [0.15, 0.2) is 0 Å². The monoisotopic (exact) mass is 296 g/mol. The predicted octanol–water partition coefficient (Wildman–Crippen LogP) is 2.46. The molecule has 1 aromatic carbocycles. The number of benzene rings is 1. The highest BCUT2D eigenvalue weighted by atomic mass is 32.1. The lowest BCUT2D eigenvalue weighted by Crippen LogP contribution is -2.39. The van der Waals surface area contributed by atoms with Crippen LogP contribution in [0.25, 0.3) is 0 Å². The van der Waals surface area contributed by atoms with Crippen molar-refractivity contribution in [1.29, 1.82) is 0 Å². The number of halogens is 1.